The summed E-state index contributed by atoms with van der Waals surface area (Å²) >= 11 is 0. The highest BCUT2D eigenvalue weighted by Crippen LogP contribution is 2.21. The lowest BCUT2D eigenvalue weighted by atomic mass is 10.2. The van der Waals surface area contributed by atoms with Crippen molar-refractivity contribution in [3.8, 4) is 0 Å². The summed E-state index contributed by atoms with van der Waals surface area (Å²) in [5, 5.41) is 3.60. The van der Waals surface area contributed by atoms with Crippen molar-refractivity contribution in [1.29, 1.82) is 0 Å². The second-order valence-corrected chi connectivity index (χ2v) is 5.61. The molecule has 0 atom stereocenters. The molecule has 0 aliphatic heterocycles. The standard InChI is InChI=1S/C15H18N2O3/c1-10(18)17-8-7-11-5-6-12(9-13(11)17)16-14(19)20-15(2,3)4/h5-9H,1-4H3,(H,16,19). The fraction of sp³-hybridized carbons (Fsp3) is 0.333. The van der Waals surface area contributed by atoms with E-state index in [0.29, 0.717) is 5.69 Å². The van der Waals surface area contributed by atoms with Crippen LogP contribution in [-0.2, 0) is 4.74 Å². The second-order valence-electron chi connectivity index (χ2n) is 5.61. The molecule has 0 saturated carbocycles. The zero-order chi connectivity index (χ0) is 14.9. The largest absolute Gasteiger partial charge is 0.444 e. The van der Waals surface area contributed by atoms with E-state index < -0.39 is 11.7 Å². The van der Waals surface area contributed by atoms with Crippen LogP contribution in [0, 0.1) is 0 Å². The summed E-state index contributed by atoms with van der Waals surface area (Å²) < 4.78 is 6.73. The summed E-state index contributed by atoms with van der Waals surface area (Å²) in [6.07, 6.45) is 1.20. The number of hydrogen-bond donors (Lipinski definition) is 1. The van der Waals surface area contributed by atoms with Crippen LogP contribution in [-0.4, -0.2) is 22.2 Å². The van der Waals surface area contributed by atoms with Crippen molar-refractivity contribution in [3.63, 3.8) is 0 Å². The highest BCUT2D eigenvalue weighted by molar-refractivity contribution is 5.95. The Morgan fingerprint density at radius 2 is 1.90 bits per heavy atom. The van der Waals surface area contributed by atoms with Crippen molar-refractivity contribution in [2.24, 2.45) is 0 Å². The van der Waals surface area contributed by atoms with Crippen molar-refractivity contribution in [2.45, 2.75) is 33.3 Å². The highest BCUT2D eigenvalue weighted by atomic mass is 16.6. The predicted octanol–water partition coefficient (Wildman–Crippen LogP) is 3.65. The van der Waals surface area contributed by atoms with E-state index in [1.54, 1.807) is 39.1 Å². The fourth-order valence-electron chi connectivity index (χ4n) is 1.90. The van der Waals surface area contributed by atoms with Crippen LogP contribution in [0.25, 0.3) is 10.9 Å². The number of anilines is 1. The molecule has 0 saturated heterocycles. The Kier molecular flexibility index (Phi) is 3.53. The topological polar surface area (TPSA) is 60.3 Å². The monoisotopic (exact) mass is 274 g/mol. The van der Waals surface area contributed by atoms with E-state index in [1.165, 1.54) is 11.5 Å². The molecule has 0 bridgehead atoms. The summed E-state index contributed by atoms with van der Waals surface area (Å²) in [5.74, 6) is -0.0746. The first-order valence-corrected chi connectivity index (χ1v) is 6.38. The first-order chi connectivity index (χ1) is 9.26. The summed E-state index contributed by atoms with van der Waals surface area (Å²) in [4.78, 5) is 23.2. The summed E-state index contributed by atoms with van der Waals surface area (Å²) in [7, 11) is 0. The highest BCUT2D eigenvalue weighted by Gasteiger charge is 2.16. The van der Waals surface area contributed by atoms with Gasteiger partial charge in [-0.2, -0.15) is 0 Å². The van der Waals surface area contributed by atoms with E-state index in [1.807, 2.05) is 12.1 Å². The predicted molar refractivity (Wildman–Crippen MR) is 78.1 cm³/mol. The van der Waals surface area contributed by atoms with Crippen molar-refractivity contribution in [2.75, 3.05) is 5.32 Å². The Bertz CT molecular complexity index is 665. The molecule has 0 fully saturated rings. The van der Waals surface area contributed by atoms with Crippen molar-refractivity contribution in [3.05, 3.63) is 30.5 Å². The average molecular weight is 274 g/mol. The minimum absolute atomic E-state index is 0.0746. The Labute approximate surface area is 117 Å². The van der Waals surface area contributed by atoms with E-state index in [-0.39, 0.29) is 5.91 Å². The third-order valence-corrected chi connectivity index (χ3v) is 2.68. The van der Waals surface area contributed by atoms with E-state index in [2.05, 4.69) is 5.32 Å². The molecule has 0 radical (unpaired) electrons. The van der Waals surface area contributed by atoms with Gasteiger partial charge >= 0.3 is 6.09 Å². The van der Waals surface area contributed by atoms with Crippen LogP contribution in [0.15, 0.2) is 30.5 Å². The number of rotatable bonds is 1. The Morgan fingerprint density at radius 3 is 2.50 bits per heavy atom. The smallest absolute Gasteiger partial charge is 0.412 e. The van der Waals surface area contributed by atoms with Crippen LogP contribution in [0.2, 0.25) is 0 Å². The SMILES string of the molecule is CC(=O)n1ccc2ccc(NC(=O)OC(C)(C)C)cc21. The van der Waals surface area contributed by atoms with Gasteiger partial charge in [0, 0.05) is 24.2 Å². The first kappa shape index (κ1) is 14.1. The molecule has 5 nitrogen and oxygen atoms in total. The molecule has 1 aromatic heterocycles. The lowest BCUT2D eigenvalue weighted by Crippen LogP contribution is -2.27. The lowest BCUT2D eigenvalue weighted by molar-refractivity contribution is 0.0635. The van der Waals surface area contributed by atoms with Gasteiger partial charge in [0.25, 0.3) is 0 Å². The van der Waals surface area contributed by atoms with Gasteiger partial charge in [0.15, 0.2) is 0 Å². The van der Waals surface area contributed by atoms with Crippen LogP contribution >= 0.6 is 0 Å². The van der Waals surface area contributed by atoms with Gasteiger partial charge in [0.05, 0.1) is 5.52 Å². The van der Waals surface area contributed by atoms with Gasteiger partial charge in [0.2, 0.25) is 5.91 Å². The normalized spacial score (nSPS) is 11.4. The molecule has 1 N–H and O–H groups in total. The number of carbonyl (C=O) groups excluding carboxylic acids is 2. The molecule has 106 valence electrons. The molecule has 5 heteroatoms. The molecule has 20 heavy (non-hydrogen) atoms. The lowest BCUT2D eigenvalue weighted by Gasteiger charge is -2.19. The average Bonchev–Trinajstić information content (AvgIpc) is 2.69. The molecular weight excluding hydrogens is 256 g/mol. The van der Waals surface area contributed by atoms with Gasteiger partial charge in [0.1, 0.15) is 5.60 Å². The van der Waals surface area contributed by atoms with Crippen LogP contribution in [0.4, 0.5) is 10.5 Å². The maximum absolute atomic E-state index is 11.7. The minimum Gasteiger partial charge on any atom is -0.444 e. The second kappa shape index (κ2) is 5.00. The Morgan fingerprint density at radius 1 is 1.20 bits per heavy atom. The van der Waals surface area contributed by atoms with Crippen LogP contribution in [0.5, 0.6) is 0 Å². The maximum Gasteiger partial charge on any atom is 0.412 e. The quantitative estimate of drug-likeness (QED) is 0.863. The van der Waals surface area contributed by atoms with Gasteiger partial charge in [-0.25, -0.2) is 4.79 Å². The number of amides is 1. The van der Waals surface area contributed by atoms with Gasteiger partial charge in [-0.1, -0.05) is 6.07 Å². The molecule has 2 aromatic rings. The number of ether oxygens (including phenoxy) is 1. The van der Waals surface area contributed by atoms with E-state index in [9.17, 15) is 9.59 Å². The summed E-state index contributed by atoms with van der Waals surface area (Å²) in [6.45, 7) is 6.90. The maximum atomic E-state index is 11.7. The number of carbonyl (C=O) groups is 2. The summed E-state index contributed by atoms with van der Waals surface area (Å²) in [5.41, 5.74) is 0.798. The van der Waals surface area contributed by atoms with Gasteiger partial charge < -0.3 is 4.74 Å². The number of nitrogens with zero attached hydrogens (tertiary/aromatic N) is 1. The number of aromatic nitrogens is 1. The van der Waals surface area contributed by atoms with Crippen molar-refractivity contribution >= 4 is 28.6 Å². The molecule has 1 aromatic carbocycles. The van der Waals surface area contributed by atoms with Gasteiger partial charge in [-0.15, -0.1) is 0 Å². The molecular formula is C15H18N2O3. The van der Waals surface area contributed by atoms with Gasteiger partial charge in [-0.05, 0) is 39.0 Å². The number of fused-ring (bicyclic) bond motifs is 1. The van der Waals surface area contributed by atoms with Crippen LogP contribution < -0.4 is 5.32 Å². The van der Waals surface area contributed by atoms with E-state index in [0.717, 1.165) is 10.9 Å². The molecule has 0 aliphatic rings. The third kappa shape index (κ3) is 3.17. The Balaban J connectivity index is 2.25. The van der Waals surface area contributed by atoms with E-state index in [4.69, 9.17) is 4.74 Å². The van der Waals surface area contributed by atoms with Gasteiger partial charge in [-0.3, -0.25) is 14.7 Å². The van der Waals surface area contributed by atoms with Crippen LogP contribution in [0.1, 0.15) is 32.5 Å². The fourth-order valence-corrected chi connectivity index (χ4v) is 1.90. The zero-order valence-electron chi connectivity index (χ0n) is 12.1. The Hall–Kier alpha value is -2.30. The van der Waals surface area contributed by atoms with E-state index >= 15 is 0 Å². The molecule has 0 aliphatic carbocycles. The van der Waals surface area contributed by atoms with Crippen molar-refractivity contribution in [1.82, 2.24) is 4.57 Å². The number of hydrogen-bond acceptors (Lipinski definition) is 3. The number of nitrogens with one attached hydrogen (secondary N) is 1. The summed E-state index contributed by atoms with van der Waals surface area (Å²) in [6, 6.07) is 7.23. The molecule has 0 unspecified atom stereocenters. The van der Waals surface area contributed by atoms with Crippen molar-refractivity contribution < 1.29 is 14.3 Å². The first-order valence-electron chi connectivity index (χ1n) is 6.38. The zero-order valence-corrected chi connectivity index (χ0v) is 12.1. The third-order valence-electron chi connectivity index (χ3n) is 2.68. The molecule has 1 heterocycles. The molecule has 0 spiro atoms. The molecule has 2 rings (SSSR count). The minimum atomic E-state index is -0.548. The molecule has 1 amide bonds. The number of benzene rings is 1. The van der Waals surface area contributed by atoms with Crippen LogP contribution in [0.3, 0.4) is 0 Å².